The zero-order valence-corrected chi connectivity index (χ0v) is 14.6. The molecule has 2 saturated heterocycles. The highest BCUT2D eigenvalue weighted by Crippen LogP contribution is 2.35. The first kappa shape index (κ1) is 15.9. The van der Waals surface area contributed by atoms with Crippen molar-refractivity contribution < 1.29 is 0 Å². The van der Waals surface area contributed by atoms with Gasteiger partial charge in [0.2, 0.25) is 0 Å². The molecule has 0 aliphatic carbocycles. The topological polar surface area (TPSA) is 15.3 Å². The lowest BCUT2D eigenvalue weighted by atomic mass is 9.89. The highest BCUT2D eigenvalue weighted by molar-refractivity contribution is 5.18. The largest absolute Gasteiger partial charge is 0.309 e. The minimum Gasteiger partial charge on any atom is -0.309 e. The Morgan fingerprint density at radius 1 is 0.833 bits per heavy atom. The molecule has 4 unspecified atom stereocenters. The SMILES string of the molecule is CC1CC(N(Cc2ccccc2)Cc2ccccc2)C2CCC1N2. The summed E-state index contributed by atoms with van der Waals surface area (Å²) in [4.78, 5) is 2.71. The van der Waals surface area contributed by atoms with E-state index in [1.165, 1.54) is 30.4 Å². The van der Waals surface area contributed by atoms with Crippen LogP contribution in [0.4, 0.5) is 0 Å². The molecule has 4 atom stereocenters. The molecule has 2 aliphatic heterocycles. The summed E-state index contributed by atoms with van der Waals surface area (Å²) in [5.41, 5.74) is 2.84. The van der Waals surface area contributed by atoms with Crippen LogP contribution in [0, 0.1) is 5.92 Å². The average Bonchev–Trinajstić information content (AvgIpc) is 3.05. The first-order valence-electron chi connectivity index (χ1n) is 9.37. The standard InChI is InChI=1S/C22H28N2/c1-17-14-22(21-13-12-20(17)23-21)24(15-18-8-4-2-5-9-18)16-19-10-6-3-7-11-19/h2-11,17,20-23H,12-16H2,1H3. The Bertz CT molecular complexity index is 598. The van der Waals surface area contributed by atoms with Crippen LogP contribution in [-0.4, -0.2) is 23.0 Å². The molecule has 4 rings (SSSR count). The number of rotatable bonds is 5. The van der Waals surface area contributed by atoms with Crippen LogP contribution < -0.4 is 5.32 Å². The van der Waals surface area contributed by atoms with Crippen LogP contribution in [0.15, 0.2) is 60.7 Å². The van der Waals surface area contributed by atoms with Crippen LogP contribution >= 0.6 is 0 Å². The lowest BCUT2D eigenvalue weighted by Crippen LogP contribution is -2.54. The summed E-state index contributed by atoms with van der Waals surface area (Å²) in [5, 5.41) is 3.90. The first-order valence-corrected chi connectivity index (χ1v) is 9.37. The van der Waals surface area contributed by atoms with Crippen LogP contribution in [0.5, 0.6) is 0 Å². The molecular formula is C22H28N2. The molecule has 24 heavy (non-hydrogen) atoms. The highest BCUT2D eigenvalue weighted by atomic mass is 15.2. The van der Waals surface area contributed by atoms with Crippen molar-refractivity contribution >= 4 is 0 Å². The number of hydrogen-bond donors (Lipinski definition) is 1. The van der Waals surface area contributed by atoms with Crippen LogP contribution in [0.25, 0.3) is 0 Å². The number of piperidine rings is 1. The van der Waals surface area contributed by atoms with E-state index in [-0.39, 0.29) is 0 Å². The van der Waals surface area contributed by atoms with Gasteiger partial charge in [-0.25, -0.2) is 0 Å². The molecule has 2 heteroatoms. The van der Waals surface area contributed by atoms with Gasteiger partial charge < -0.3 is 5.32 Å². The third kappa shape index (κ3) is 3.40. The quantitative estimate of drug-likeness (QED) is 0.887. The lowest BCUT2D eigenvalue weighted by Gasteiger charge is -2.42. The van der Waals surface area contributed by atoms with Gasteiger partial charge in [-0.1, -0.05) is 67.6 Å². The number of nitrogens with one attached hydrogen (secondary N) is 1. The fourth-order valence-corrected chi connectivity index (χ4v) is 4.59. The van der Waals surface area contributed by atoms with Gasteiger partial charge in [0.15, 0.2) is 0 Å². The van der Waals surface area contributed by atoms with Crippen LogP contribution in [0.3, 0.4) is 0 Å². The summed E-state index contributed by atoms with van der Waals surface area (Å²) in [6.45, 7) is 4.50. The van der Waals surface area contributed by atoms with Gasteiger partial charge in [-0.2, -0.15) is 0 Å². The molecule has 2 heterocycles. The van der Waals surface area contributed by atoms with Gasteiger partial charge in [0, 0.05) is 31.2 Å². The van der Waals surface area contributed by atoms with Gasteiger partial charge in [-0.15, -0.1) is 0 Å². The second kappa shape index (κ2) is 7.08. The maximum Gasteiger partial charge on any atom is 0.0259 e. The minimum atomic E-state index is 0.638. The van der Waals surface area contributed by atoms with Crippen LogP contribution in [0.1, 0.15) is 37.3 Å². The van der Waals surface area contributed by atoms with Crippen molar-refractivity contribution in [3.63, 3.8) is 0 Å². The van der Waals surface area contributed by atoms with E-state index in [2.05, 4.69) is 77.8 Å². The maximum atomic E-state index is 3.90. The molecule has 2 fully saturated rings. The highest BCUT2D eigenvalue weighted by Gasteiger charge is 2.41. The van der Waals surface area contributed by atoms with Crippen LogP contribution in [0.2, 0.25) is 0 Å². The van der Waals surface area contributed by atoms with Crippen molar-refractivity contribution in [3.05, 3.63) is 71.8 Å². The molecule has 2 nitrogen and oxygen atoms in total. The summed E-state index contributed by atoms with van der Waals surface area (Å²) in [6.07, 6.45) is 4.01. The van der Waals surface area contributed by atoms with E-state index >= 15 is 0 Å². The van der Waals surface area contributed by atoms with Gasteiger partial charge >= 0.3 is 0 Å². The summed E-state index contributed by atoms with van der Waals surface area (Å²) in [5.74, 6) is 0.780. The van der Waals surface area contributed by atoms with Crippen molar-refractivity contribution in [1.29, 1.82) is 0 Å². The van der Waals surface area contributed by atoms with Crippen molar-refractivity contribution in [2.24, 2.45) is 5.92 Å². The third-order valence-electron chi connectivity index (χ3n) is 5.91. The molecule has 1 N–H and O–H groups in total. The van der Waals surface area contributed by atoms with Crippen molar-refractivity contribution in [2.75, 3.05) is 0 Å². The minimum absolute atomic E-state index is 0.638. The van der Waals surface area contributed by atoms with Gasteiger partial charge in [0.25, 0.3) is 0 Å². The molecule has 2 aliphatic rings. The van der Waals surface area contributed by atoms with Gasteiger partial charge in [0.1, 0.15) is 0 Å². The van der Waals surface area contributed by atoms with E-state index in [0.29, 0.717) is 12.1 Å². The summed E-state index contributed by atoms with van der Waals surface area (Å²) in [7, 11) is 0. The molecule has 0 aromatic heterocycles. The van der Waals surface area contributed by atoms with E-state index in [1.807, 2.05) is 0 Å². The second-order valence-corrected chi connectivity index (χ2v) is 7.61. The number of benzene rings is 2. The Morgan fingerprint density at radius 2 is 1.38 bits per heavy atom. The number of hydrogen-bond acceptors (Lipinski definition) is 2. The van der Waals surface area contributed by atoms with Crippen molar-refractivity contribution in [2.45, 2.75) is 57.4 Å². The Morgan fingerprint density at radius 3 is 1.96 bits per heavy atom. The van der Waals surface area contributed by atoms with Crippen molar-refractivity contribution in [1.82, 2.24) is 10.2 Å². The predicted octanol–water partition coefficient (Wildman–Crippen LogP) is 4.22. The van der Waals surface area contributed by atoms with E-state index in [4.69, 9.17) is 0 Å². The molecule has 2 aromatic rings. The zero-order valence-electron chi connectivity index (χ0n) is 14.6. The molecule has 126 valence electrons. The monoisotopic (exact) mass is 320 g/mol. The van der Waals surface area contributed by atoms with Crippen LogP contribution in [-0.2, 0) is 13.1 Å². The van der Waals surface area contributed by atoms with Gasteiger partial charge in [-0.3, -0.25) is 4.90 Å². The van der Waals surface area contributed by atoms with Gasteiger partial charge in [-0.05, 0) is 36.3 Å². The summed E-state index contributed by atoms with van der Waals surface area (Å²) in [6, 6.07) is 23.9. The molecule has 0 spiro atoms. The third-order valence-corrected chi connectivity index (χ3v) is 5.91. The normalized spacial score (nSPS) is 29.1. The van der Waals surface area contributed by atoms with E-state index < -0.39 is 0 Å². The van der Waals surface area contributed by atoms with E-state index in [0.717, 1.165) is 25.0 Å². The van der Waals surface area contributed by atoms with E-state index in [1.54, 1.807) is 0 Å². The lowest BCUT2D eigenvalue weighted by molar-refractivity contribution is 0.0962. The fourth-order valence-electron chi connectivity index (χ4n) is 4.59. The molecule has 0 saturated carbocycles. The molecule has 0 radical (unpaired) electrons. The molecule has 2 bridgehead atoms. The second-order valence-electron chi connectivity index (χ2n) is 7.61. The Hall–Kier alpha value is -1.64. The fraction of sp³-hybridized carbons (Fsp3) is 0.455. The van der Waals surface area contributed by atoms with E-state index in [9.17, 15) is 0 Å². The summed E-state index contributed by atoms with van der Waals surface area (Å²) >= 11 is 0. The summed E-state index contributed by atoms with van der Waals surface area (Å²) < 4.78 is 0. The Balaban J connectivity index is 1.57. The first-order chi connectivity index (χ1) is 11.8. The number of nitrogens with zero attached hydrogens (tertiary/aromatic N) is 1. The predicted molar refractivity (Wildman–Crippen MR) is 99.6 cm³/mol. The van der Waals surface area contributed by atoms with Crippen molar-refractivity contribution in [3.8, 4) is 0 Å². The average molecular weight is 320 g/mol. The Kier molecular flexibility index (Phi) is 4.68. The zero-order chi connectivity index (χ0) is 16.4. The maximum absolute atomic E-state index is 3.90. The number of fused-ring (bicyclic) bond motifs is 2. The Labute approximate surface area is 145 Å². The molecular weight excluding hydrogens is 292 g/mol. The smallest absolute Gasteiger partial charge is 0.0259 e. The molecule has 2 aromatic carbocycles. The molecule has 0 amide bonds. The van der Waals surface area contributed by atoms with Gasteiger partial charge in [0.05, 0.1) is 0 Å².